The third-order valence-corrected chi connectivity index (χ3v) is 6.71. The Morgan fingerprint density at radius 3 is 2.95 bits per heavy atom. The van der Waals surface area contributed by atoms with E-state index in [-0.39, 0.29) is 0 Å². The van der Waals surface area contributed by atoms with Crippen molar-refractivity contribution in [3.05, 3.63) is 0 Å². The first-order valence-electron chi connectivity index (χ1n) is 8.51. The molecule has 1 N–H and O–H groups in total. The van der Waals surface area contributed by atoms with Crippen LogP contribution in [0.15, 0.2) is 4.99 Å². The summed E-state index contributed by atoms with van der Waals surface area (Å²) >= 11 is 2.01. The van der Waals surface area contributed by atoms with Gasteiger partial charge in [-0.05, 0) is 38.1 Å². The second-order valence-corrected chi connectivity index (χ2v) is 7.80. The molecule has 114 valence electrons. The van der Waals surface area contributed by atoms with Crippen LogP contribution in [0.25, 0.3) is 0 Å². The maximum Gasteiger partial charge on any atom is 0.157 e. The van der Waals surface area contributed by atoms with E-state index < -0.39 is 0 Å². The van der Waals surface area contributed by atoms with Crippen LogP contribution in [0.1, 0.15) is 52.4 Å². The number of hydrogen-bond donors (Lipinski definition) is 1. The topological polar surface area (TPSA) is 27.6 Å². The Bertz CT molecular complexity index is 354. The van der Waals surface area contributed by atoms with E-state index in [9.17, 15) is 0 Å². The van der Waals surface area contributed by atoms with E-state index in [0.717, 1.165) is 23.8 Å². The normalized spacial score (nSPS) is 34.4. The molecule has 0 aliphatic carbocycles. The highest BCUT2D eigenvalue weighted by Gasteiger charge is 2.33. The van der Waals surface area contributed by atoms with Crippen LogP contribution in [0.2, 0.25) is 0 Å². The van der Waals surface area contributed by atoms with Crippen molar-refractivity contribution >= 4 is 16.9 Å². The van der Waals surface area contributed by atoms with E-state index >= 15 is 0 Å². The molecule has 2 saturated heterocycles. The molecular weight excluding hydrogens is 266 g/mol. The molecule has 0 aromatic carbocycles. The number of nitrogens with one attached hydrogen (secondary N) is 1. The molecule has 0 saturated carbocycles. The lowest BCUT2D eigenvalue weighted by molar-refractivity contribution is 0.175. The van der Waals surface area contributed by atoms with E-state index in [1.54, 1.807) is 0 Å². The van der Waals surface area contributed by atoms with Crippen LogP contribution < -0.4 is 5.32 Å². The predicted octanol–water partition coefficient (Wildman–Crippen LogP) is 3.11. The lowest BCUT2D eigenvalue weighted by atomic mass is 9.98. The van der Waals surface area contributed by atoms with Crippen molar-refractivity contribution in [3.8, 4) is 0 Å². The fourth-order valence-electron chi connectivity index (χ4n) is 4.06. The van der Waals surface area contributed by atoms with E-state index in [4.69, 9.17) is 4.99 Å². The number of hydrogen-bond acceptors (Lipinski definition) is 4. The van der Waals surface area contributed by atoms with Crippen LogP contribution in [0.4, 0.5) is 0 Å². The lowest BCUT2D eigenvalue weighted by Crippen LogP contribution is -2.46. The summed E-state index contributed by atoms with van der Waals surface area (Å²) in [6.07, 6.45) is 8.02. The molecule has 0 amide bonds. The first-order valence-corrected chi connectivity index (χ1v) is 9.39. The number of thioether (sulfide) groups is 1. The summed E-state index contributed by atoms with van der Waals surface area (Å²) in [6.45, 7) is 8.29. The van der Waals surface area contributed by atoms with Gasteiger partial charge in [-0.1, -0.05) is 38.5 Å². The van der Waals surface area contributed by atoms with Gasteiger partial charge in [0.1, 0.15) is 0 Å². The largest absolute Gasteiger partial charge is 0.362 e. The number of rotatable bonds is 4. The quantitative estimate of drug-likeness (QED) is 0.863. The summed E-state index contributed by atoms with van der Waals surface area (Å²) in [7, 11) is 0. The van der Waals surface area contributed by atoms with Gasteiger partial charge in [-0.2, -0.15) is 0 Å². The van der Waals surface area contributed by atoms with Crippen LogP contribution in [0.5, 0.6) is 0 Å². The number of nitrogens with zero attached hydrogens (tertiary/aromatic N) is 2. The number of amidine groups is 1. The molecule has 0 spiro atoms. The molecule has 3 unspecified atom stereocenters. The van der Waals surface area contributed by atoms with Crippen LogP contribution in [0.3, 0.4) is 0 Å². The minimum atomic E-state index is 0.668. The summed E-state index contributed by atoms with van der Waals surface area (Å²) in [6, 6.07) is 1.52. The first-order chi connectivity index (χ1) is 9.80. The number of aliphatic imine (C=N–C) groups is 1. The van der Waals surface area contributed by atoms with E-state index in [2.05, 4.69) is 24.1 Å². The van der Waals surface area contributed by atoms with E-state index in [1.165, 1.54) is 56.8 Å². The summed E-state index contributed by atoms with van der Waals surface area (Å²) in [5.41, 5.74) is 0. The van der Waals surface area contributed by atoms with Gasteiger partial charge in [0.15, 0.2) is 5.17 Å². The van der Waals surface area contributed by atoms with Crippen molar-refractivity contribution in [2.75, 3.05) is 19.6 Å². The van der Waals surface area contributed by atoms with Gasteiger partial charge in [0, 0.05) is 23.9 Å². The average molecular weight is 295 g/mol. The van der Waals surface area contributed by atoms with Gasteiger partial charge in [-0.3, -0.25) is 4.99 Å². The Morgan fingerprint density at radius 1 is 1.30 bits per heavy atom. The van der Waals surface area contributed by atoms with Crippen LogP contribution in [0, 0.1) is 5.92 Å². The summed E-state index contributed by atoms with van der Waals surface area (Å²) in [5, 5.41) is 5.71. The van der Waals surface area contributed by atoms with Gasteiger partial charge in [0.25, 0.3) is 0 Å². The zero-order valence-electron chi connectivity index (χ0n) is 13.0. The molecule has 2 fully saturated rings. The minimum absolute atomic E-state index is 0.668. The van der Waals surface area contributed by atoms with Gasteiger partial charge in [-0.15, -0.1) is 0 Å². The van der Waals surface area contributed by atoms with Crippen molar-refractivity contribution in [2.45, 2.75) is 69.7 Å². The summed E-state index contributed by atoms with van der Waals surface area (Å²) in [5.74, 6) is 0.833. The Hall–Kier alpha value is -0.220. The second kappa shape index (κ2) is 6.69. The highest BCUT2D eigenvalue weighted by molar-refractivity contribution is 8.14. The Labute approximate surface area is 128 Å². The predicted molar refractivity (Wildman–Crippen MR) is 88.5 cm³/mol. The smallest absolute Gasteiger partial charge is 0.157 e. The molecule has 3 aliphatic rings. The molecule has 3 aliphatic heterocycles. The van der Waals surface area contributed by atoms with Crippen molar-refractivity contribution in [1.29, 1.82) is 0 Å². The molecule has 4 heteroatoms. The van der Waals surface area contributed by atoms with Crippen molar-refractivity contribution in [3.63, 3.8) is 0 Å². The molecule has 20 heavy (non-hydrogen) atoms. The van der Waals surface area contributed by atoms with Crippen molar-refractivity contribution in [1.82, 2.24) is 10.2 Å². The van der Waals surface area contributed by atoms with Crippen LogP contribution >= 0.6 is 11.8 Å². The molecule has 3 nitrogen and oxygen atoms in total. The van der Waals surface area contributed by atoms with Gasteiger partial charge < -0.3 is 10.2 Å². The highest BCUT2D eigenvalue weighted by Crippen LogP contribution is 2.32. The number of fused-ring (bicyclic) bond motifs is 1. The highest BCUT2D eigenvalue weighted by atomic mass is 32.2. The maximum absolute atomic E-state index is 4.77. The zero-order chi connectivity index (χ0) is 13.9. The fourth-order valence-corrected chi connectivity index (χ4v) is 5.46. The summed E-state index contributed by atoms with van der Waals surface area (Å²) in [4.78, 5) is 7.46. The first kappa shape index (κ1) is 14.7. The molecule has 0 bridgehead atoms. The molecule has 0 radical (unpaired) electrons. The third-order valence-electron chi connectivity index (χ3n) is 5.40. The molecular formula is C16H29N3S. The van der Waals surface area contributed by atoms with E-state index in [1.807, 2.05) is 11.8 Å². The van der Waals surface area contributed by atoms with Gasteiger partial charge >= 0.3 is 0 Å². The monoisotopic (exact) mass is 295 g/mol. The molecule has 3 heterocycles. The third kappa shape index (κ3) is 3.16. The zero-order valence-corrected chi connectivity index (χ0v) is 13.8. The van der Waals surface area contributed by atoms with E-state index in [0.29, 0.717) is 6.04 Å². The van der Waals surface area contributed by atoms with Crippen LogP contribution in [-0.4, -0.2) is 47.0 Å². The summed E-state index contributed by atoms with van der Waals surface area (Å²) < 4.78 is 0. The van der Waals surface area contributed by atoms with Gasteiger partial charge in [0.05, 0.1) is 6.54 Å². The Balaban J connectivity index is 1.47. The molecule has 3 rings (SSSR count). The van der Waals surface area contributed by atoms with Crippen molar-refractivity contribution < 1.29 is 0 Å². The Kier molecular flexibility index (Phi) is 4.92. The standard InChI is InChI=1S/C16H29N3S/c1-3-12(4-2)15-11-17-16(20-15)18-13-7-9-19-8-5-6-14(19)10-13/h12-15H,3-11H2,1-2H3,(H,17,18). The van der Waals surface area contributed by atoms with Crippen molar-refractivity contribution in [2.24, 2.45) is 10.9 Å². The average Bonchev–Trinajstić information content (AvgIpc) is 3.09. The molecule has 0 aromatic rings. The maximum atomic E-state index is 4.77. The Morgan fingerprint density at radius 2 is 2.15 bits per heavy atom. The SMILES string of the molecule is CCC(CC)C1CN=C(NC2CCN3CCCC3C2)S1. The van der Waals surface area contributed by atoms with Crippen LogP contribution in [-0.2, 0) is 0 Å². The fraction of sp³-hybridized carbons (Fsp3) is 0.938. The minimum Gasteiger partial charge on any atom is -0.362 e. The van der Waals surface area contributed by atoms with Gasteiger partial charge in [0.2, 0.25) is 0 Å². The van der Waals surface area contributed by atoms with Gasteiger partial charge in [-0.25, -0.2) is 0 Å². The molecule has 0 aromatic heterocycles. The second-order valence-electron chi connectivity index (χ2n) is 6.58. The number of piperidine rings is 1. The molecule has 3 atom stereocenters. The lowest BCUT2D eigenvalue weighted by Gasteiger charge is -2.35.